The number of anilines is 2. The lowest BCUT2D eigenvalue weighted by Gasteiger charge is -2.08. The number of aryl methyl sites for hydroxylation is 1. The molecule has 2 amide bonds. The maximum atomic E-state index is 12.6. The lowest BCUT2D eigenvalue weighted by atomic mass is 10.1. The zero-order valence-corrected chi connectivity index (χ0v) is 17.0. The molecule has 7 heteroatoms. The smallest absolute Gasteiger partial charge is 0.255 e. The van der Waals surface area contributed by atoms with Crippen molar-refractivity contribution in [2.24, 2.45) is 0 Å². The van der Waals surface area contributed by atoms with Gasteiger partial charge in [0.1, 0.15) is 5.76 Å². The molecular weight excluding hydrogens is 398 g/mol. The van der Waals surface area contributed by atoms with Gasteiger partial charge in [-0.05, 0) is 54.1 Å². The van der Waals surface area contributed by atoms with Gasteiger partial charge < -0.3 is 15.2 Å². The first-order valence-corrected chi connectivity index (χ1v) is 10.3. The Kier molecular flexibility index (Phi) is 5.81. The SMILES string of the molecule is Cc1cc(NC(=O)CSc2ccc(NC(=O)c3ccc4ccccc4c3)cc2)no1. The third kappa shape index (κ3) is 4.87. The Morgan fingerprint density at radius 2 is 1.70 bits per heavy atom. The number of amides is 2. The van der Waals surface area contributed by atoms with Gasteiger partial charge in [-0.15, -0.1) is 11.8 Å². The zero-order valence-electron chi connectivity index (χ0n) is 16.2. The van der Waals surface area contributed by atoms with Crippen LogP contribution in [0.25, 0.3) is 10.8 Å². The molecule has 6 nitrogen and oxygen atoms in total. The fourth-order valence-electron chi connectivity index (χ4n) is 2.92. The monoisotopic (exact) mass is 417 g/mol. The molecule has 1 heterocycles. The van der Waals surface area contributed by atoms with Gasteiger partial charge in [0.15, 0.2) is 5.82 Å². The van der Waals surface area contributed by atoms with E-state index in [1.165, 1.54) is 11.8 Å². The lowest BCUT2D eigenvalue weighted by molar-refractivity contribution is -0.113. The van der Waals surface area contributed by atoms with Gasteiger partial charge in [-0.2, -0.15) is 0 Å². The summed E-state index contributed by atoms with van der Waals surface area (Å²) in [6.45, 7) is 1.76. The highest BCUT2D eigenvalue weighted by Crippen LogP contribution is 2.22. The Hall–Kier alpha value is -3.58. The molecule has 0 radical (unpaired) electrons. The van der Waals surface area contributed by atoms with Gasteiger partial charge in [0.05, 0.1) is 5.75 Å². The topological polar surface area (TPSA) is 84.2 Å². The van der Waals surface area contributed by atoms with Crippen LogP contribution < -0.4 is 10.6 Å². The molecule has 30 heavy (non-hydrogen) atoms. The average Bonchev–Trinajstić information content (AvgIpc) is 3.17. The fourth-order valence-corrected chi connectivity index (χ4v) is 3.62. The maximum Gasteiger partial charge on any atom is 0.255 e. The minimum atomic E-state index is -0.165. The summed E-state index contributed by atoms with van der Waals surface area (Å²) >= 11 is 1.40. The predicted molar refractivity (Wildman–Crippen MR) is 119 cm³/mol. The van der Waals surface area contributed by atoms with Gasteiger partial charge in [-0.25, -0.2) is 0 Å². The van der Waals surface area contributed by atoms with E-state index in [0.717, 1.165) is 15.7 Å². The first-order chi connectivity index (χ1) is 14.6. The highest BCUT2D eigenvalue weighted by molar-refractivity contribution is 8.00. The minimum Gasteiger partial charge on any atom is -0.360 e. The Labute approximate surface area is 177 Å². The molecule has 0 fully saturated rings. The second kappa shape index (κ2) is 8.84. The molecular formula is C23H19N3O3S. The van der Waals surface area contributed by atoms with E-state index in [1.54, 1.807) is 13.0 Å². The van der Waals surface area contributed by atoms with Crippen LogP contribution in [0.1, 0.15) is 16.1 Å². The number of hydrogen-bond donors (Lipinski definition) is 2. The van der Waals surface area contributed by atoms with Crippen LogP contribution in [0.2, 0.25) is 0 Å². The van der Waals surface area contributed by atoms with E-state index in [4.69, 9.17) is 4.52 Å². The van der Waals surface area contributed by atoms with E-state index in [2.05, 4.69) is 15.8 Å². The lowest BCUT2D eigenvalue weighted by Crippen LogP contribution is -2.14. The van der Waals surface area contributed by atoms with Gasteiger partial charge in [-0.3, -0.25) is 9.59 Å². The van der Waals surface area contributed by atoms with Crippen LogP contribution in [0.5, 0.6) is 0 Å². The molecule has 0 atom stereocenters. The van der Waals surface area contributed by atoms with Crippen LogP contribution in [0.4, 0.5) is 11.5 Å². The molecule has 0 aliphatic carbocycles. The van der Waals surface area contributed by atoms with E-state index in [0.29, 0.717) is 22.8 Å². The number of carbonyl (C=O) groups excluding carboxylic acids is 2. The van der Waals surface area contributed by atoms with Crippen molar-refractivity contribution in [1.82, 2.24) is 5.16 Å². The first-order valence-electron chi connectivity index (χ1n) is 9.33. The summed E-state index contributed by atoms with van der Waals surface area (Å²) in [6, 6.07) is 22.6. The molecule has 0 spiro atoms. The van der Waals surface area contributed by atoms with Crippen LogP contribution in [0.15, 0.2) is 82.2 Å². The summed E-state index contributed by atoms with van der Waals surface area (Å²) < 4.78 is 4.92. The standard InChI is InChI=1S/C23H19N3O3S/c1-15-12-21(26-29-15)25-22(27)14-30-20-10-8-19(9-11-20)24-23(28)18-7-6-16-4-2-3-5-17(16)13-18/h2-13H,14H2,1H3,(H,24,28)(H,25,26,27). The van der Waals surface area contributed by atoms with Crippen LogP contribution in [-0.4, -0.2) is 22.7 Å². The van der Waals surface area contributed by atoms with Gasteiger partial charge in [0.2, 0.25) is 5.91 Å². The van der Waals surface area contributed by atoms with Crippen molar-refractivity contribution >= 4 is 45.9 Å². The van der Waals surface area contributed by atoms with Crippen molar-refractivity contribution in [2.45, 2.75) is 11.8 Å². The predicted octanol–water partition coefficient (Wildman–Crippen LogP) is 5.12. The number of nitrogens with one attached hydrogen (secondary N) is 2. The molecule has 0 saturated heterocycles. The van der Waals surface area contributed by atoms with E-state index in [-0.39, 0.29) is 17.6 Å². The van der Waals surface area contributed by atoms with E-state index in [1.807, 2.05) is 66.7 Å². The molecule has 1 aromatic heterocycles. The number of aromatic nitrogens is 1. The molecule has 0 unspecified atom stereocenters. The Morgan fingerprint density at radius 3 is 2.43 bits per heavy atom. The summed E-state index contributed by atoms with van der Waals surface area (Å²) in [5.74, 6) is 0.962. The highest BCUT2D eigenvalue weighted by atomic mass is 32.2. The number of thioether (sulfide) groups is 1. The van der Waals surface area contributed by atoms with Crippen molar-refractivity contribution < 1.29 is 14.1 Å². The van der Waals surface area contributed by atoms with Crippen molar-refractivity contribution in [2.75, 3.05) is 16.4 Å². The van der Waals surface area contributed by atoms with E-state index >= 15 is 0 Å². The number of hydrogen-bond acceptors (Lipinski definition) is 5. The molecule has 0 aliphatic heterocycles. The second-order valence-electron chi connectivity index (χ2n) is 6.70. The molecule has 0 saturated carbocycles. The second-order valence-corrected chi connectivity index (χ2v) is 7.75. The van der Waals surface area contributed by atoms with Crippen LogP contribution in [0.3, 0.4) is 0 Å². The summed E-state index contributed by atoms with van der Waals surface area (Å²) in [5.41, 5.74) is 1.30. The summed E-state index contributed by atoms with van der Waals surface area (Å²) in [6.07, 6.45) is 0. The quantitative estimate of drug-likeness (QED) is 0.426. The molecule has 150 valence electrons. The van der Waals surface area contributed by atoms with E-state index in [9.17, 15) is 9.59 Å². The Balaban J connectivity index is 1.32. The van der Waals surface area contributed by atoms with Crippen LogP contribution in [0, 0.1) is 6.92 Å². The third-order valence-electron chi connectivity index (χ3n) is 4.39. The van der Waals surface area contributed by atoms with Crippen molar-refractivity contribution in [3.63, 3.8) is 0 Å². The largest absolute Gasteiger partial charge is 0.360 e. The Bertz CT molecular complexity index is 1200. The normalized spacial score (nSPS) is 10.7. The summed E-state index contributed by atoms with van der Waals surface area (Å²) in [7, 11) is 0. The molecule has 0 aliphatic rings. The molecule has 3 aromatic carbocycles. The number of rotatable bonds is 6. The first kappa shape index (κ1) is 19.7. The van der Waals surface area contributed by atoms with Gasteiger partial charge in [-0.1, -0.05) is 35.5 Å². The van der Waals surface area contributed by atoms with E-state index < -0.39 is 0 Å². The van der Waals surface area contributed by atoms with Gasteiger partial charge in [0.25, 0.3) is 5.91 Å². The maximum absolute atomic E-state index is 12.6. The minimum absolute atomic E-state index is 0.163. The highest BCUT2D eigenvalue weighted by Gasteiger charge is 2.09. The number of nitrogens with zero attached hydrogens (tertiary/aromatic N) is 1. The number of carbonyl (C=O) groups is 2. The van der Waals surface area contributed by atoms with Crippen LogP contribution in [-0.2, 0) is 4.79 Å². The van der Waals surface area contributed by atoms with Gasteiger partial charge in [0, 0.05) is 22.2 Å². The van der Waals surface area contributed by atoms with Crippen molar-refractivity contribution in [3.05, 3.63) is 84.1 Å². The van der Waals surface area contributed by atoms with Crippen molar-refractivity contribution in [1.29, 1.82) is 0 Å². The molecule has 4 rings (SSSR count). The number of benzene rings is 3. The summed E-state index contributed by atoms with van der Waals surface area (Å²) in [5, 5.41) is 11.4. The molecule has 4 aromatic rings. The fraction of sp³-hybridized carbons (Fsp3) is 0.0870. The summed E-state index contributed by atoms with van der Waals surface area (Å²) in [4.78, 5) is 25.5. The Morgan fingerprint density at radius 1 is 0.933 bits per heavy atom. The van der Waals surface area contributed by atoms with Gasteiger partial charge >= 0.3 is 0 Å². The van der Waals surface area contributed by atoms with Crippen LogP contribution >= 0.6 is 11.8 Å². The van der Waals surface area contributed by atoms with Crippen molar-refractivity contribution in [3.8, 4) is 0 Å². The molecule has 2 N–H and O–H groups in total. The number of fused-ring (bicyclic) bond motifs is 1. The zero-order chi connectivity index (χ0) is 20.9. The average molecular weight is 417 g/mol. The third-order valence-corrected chi connectivity index (χ3v) is 5.40. The molecule has 0 bridgehead atoms.